The third-order valence-corrected chi connectivity index (χ3v) is 7.10. The SMILES string of the molecule is CC(=O)C1=C(O)[C@@H](N(C)C)C2CC3Cc4c([N+]#N)cc(C)c(O)c4C(=O)C3=C(O)[C@]2(O)C1=O. The van der Waals surface area contributed by atoms with Crippen molar-refractivity contribution in [2.75, 3.05) is 14.1 Å². The second kappa shape index (κ2) is 7.23. The van der Waals surface area contributed by atoms with Crippen molar-refractivity contribution in [1.82, 2.24) is 4.90 Å². The largest absolute Gasteiger partial charge is 0.510 e. The van der Waals surface area contributed by atoms with Crippen molar-refractivity contribution < 1.29 is 34.8 Å². The first-order chi connectivity index (χ1) is 15.4. The lowest BCUT2D eigenvalue weighted by Gasteiger charge is -2.50. The molecule has 0 saturated carbocycles. The molecule has 1 aromatic rings. The lowest BCUT2D eigenvalue weighted by Crippen LogP contribution is -2.63. The summed E-state index contributed by atoms with van der Waals surface area (Å²) in [7, 11) is 3.19. The Morgan fingerprint density at radius 2 is 1.88 bits per heavy atom. The van der Waals surface area contributed by atoms with Gasteiger partial charge in [0.15, 0.2) is 22.1 Å². The molecule has 0 amide bonds. The molecule has 0 aliphatic heterocycles. The molecule has 3 aliphatic carbocycles. The first-order valence-electron chi connectivity index (χ1n) is 10.4. The summed E-state index contributed by atoms with van der Waals surface area (Å²) in [5.74, 6) is -6.24. The van der Waals surface area contributed by atoms with Crippen LogP contribution in [0.4, 0.5) is 5.69 Å². The Labute approximate surface area is 189 Å². The smallest absolute Gasteiger partial charge is 0.389 e. The van der Waals surface area contributed by atoms with Crippen molar-refractivity contribution in [2.45, 2.75) is 38.3 Å². The Morgan fingerprint density at radius 1 is 1.24 bits per heavy atom. The lowest BCUT2D eigenvalue weighted by atomic mass is 9.58. The number of ketones is 3. The molecule has 2 unspecified atom stereocenters. The fraction of sp³-hybridized carbons (Fsp3) is 0.435. The molecule has 172 valence electrons. The summed E-state index contributed by atoms with van der Waals surface area (Å²) in [4.78, 5) is 43.6. The normalized spacial score (nSPS) is 28.9. The molecule has 0 heterocycles. The Morgan fingerprint density at radius 3 is 2.42 bits per heavy atom. The van der Waals surface area contributed by atoms with E-state index in [2.05, 4.69) is 4.98 Å². The number of aryl methyl sites for hydroxylation is 1. The van der Waals surface area contributed by atoms with Crippen LogP contribution in [0.1, 0.15) is 34.8 Å². The summed E-state index contributed by atoms with van der Waals surface area (Å²) in [6.07, 6.45) is 0.0864. The van der Waals surface area contributed by atoms with Crippen LogP contribution in [-0.2, 0) is 16.0 Å². The summed E-state index contributed by atoms with van der Waals surface area (Å²) in [6, 6.07) is 0.440. The number of nitrogens with zero attached hydrogens (tertiary/aromatic N) is 3. The number of diazo groups is 1. The van der Waals surface area contributed by atoms with Gasteiger partial charge >= 0.3 is 5.69 Å². The number of aliphatic hydroxyl groups excluding tert-OH is 2. The van der Waals surface area contributed by atoms with Gasteiger partial charge in [0.1, 0.15) is 22.8 Å². The maximum absolute atomic E-state index is 13.5. The predicted molar refractivity (Wildman–Crippen MR) is 115 cm³/mol. The highest BCUT2D eigenvalue weighted by molar-refractivity contribution is 6.25. The van der Waals surface area contributed by atoms with Crippen molar-refractivity contribution >= 4 is 23.0 Å². The van der Waals surface area contributed by atoms with Gasteiger partial charge in [-0.25, -0.2) is 0 Å². The number of carbonyl (C=O) groups is 3. The van der Waals surface area contributed by atoms with E-state index in [-0.39, 0.29) is 46.5 Å². The molecule has 4 N–H and O–H groups in total. The molecule has 10 nitrogen and oxygen atoms in total. The van der Waals surface area contributed by atoms with E-state index in [9.17, 15) is 40.2 Å². The van der Waals surface area contributed by atoms with Crippen LogP contribution in [0.15, 0.2) is 28.7 Å². The predicted octanol–water partition coefficient (Wildman–Crippen LogP) is 2.02. The molecule has 0 aromatic heterocycles. The zero-order valence-corrected chi connectivity index (χ0v) is 18.6. The van der Waals surface area contributed by atoms with Crippen LogP contribution in [0.2, 0.25) is 0 Å². The van der Waals surface area contributed by atoms with Crippen LogP contribution in [-0.4, -0.2) is 68.4 Å². The number of benzene rings is 1. The minimum Gasteiger partial charge on any atom is -0.510 e. The van der Waals surface area contributed by atoms with Crippen molar-refractivity contribution in [3.63, 3.8) is 0 Å². The molecule has 1 aromatic carbocycles. The summed E-state index contributed by atoms with van der Waals surface area (Å²) in [6.45, 7) is 2.58. The number of allylic oxidation sites excluding steroid dienone is 1. The van der Waals surface area contributed by atoms with Gasteiger partial charge in [-0.2, -0.15) is 0 Å². The number of hydrogen-bond acceptors (Lipinski definition) is 9. The van der Waals surface area contributed by atoms with E-state index >= 15 is 0 Å². The molecule has 33 heavy (non-hydrogen) atoms. The van der Waals surface area contributed by atoms with Gasteiger partial charge in [0, 0.05) is 17.6 Å². The van der Waals surface area contributed by atoms with Crippen LogP contribution in [0.5, 0.6) is 5.75 Å². The Hall–Kier alpha value is -3.55. The molecule has 0 spiro atoms. The maximum Gasteiger partial charge on any atom is 0.389 e. The van der Waals surface area contributed by atoms with Gasteiger partial charge in [-0.3, -0.25) is 19.3 Å². The third kappa shape index (κ3) is 2.79. The molecular formula is C23H24N3O7+. The average Bonchev–Trinajstić information content (AvgIpc) is 2.72. The van der Waals surface area contributed by atoms with Crippen molar-refractivity contribution in [3.8, 4) is 5.75 Å². The van der Waals surface area contributed by atoms with Gasteiger partial charge in [-0.05, 0) is 52.3 Å². The topological polar surface area (TPSA) is 164 Å². The van der Waals surface area contributed by atoms with Gasteiger partial charge in [-0.1, -0.05) is 0 Å². The van der Waals surface area contributed by atoms with Crippen LogP contribution >= 0.6 is 0 Å². The van der Waals surface area contributed by atoms with E-state index in [0.29, 0.717) is 0 Å². The van der Waals surface area contributed by atoms with Gasteiger partial charge in [-0.15, -0.1) is 0 Å². The monoisotopic (exact) mass is 454 g/mol. The Bertz CT molecular complexity index is 1250. The van der Waals surface area contributed by atoms with Crippen LogP contribution in [0.25, 0.3) is 4.98 Å². The van der Waals surface area contributed by atoms with Crippen molar-refractivity contribution in [3.05, 3.63) is 50.4 Å². The molecule has 0 fully saturated rings. The van der Waals surface area contributed by atoms with E-state index in [1.807, 2.05) is 0 Å². The van der Waals surface area contributed by atoms with E-state index in [1.54, 1.807) is 14.1 Å². The number of carbonyl (C=O) groups excluding carboxylic acids is 3. The highest BCUT2D eigenvalue weighted by atomic mass is 16.3. The van der Waals surface area contributed by atoms with E-state index in [4.69, 9.17) is 0 Å². The maximum atomic E-state index is 13.5. The third-order valence-electron chi connectivity index (χ3n) is 7.10. The lowest BCUT2D eigenvalue weighted by molar-refractivity contribution is -0.148. The van der Waals surface area contributed by atoms with Crippen molar-refractivity contribution in [2.24, 2.45) is 11.8 Å². The summed E-state index contributed by atoms with van der Waals surface area (Å²) in [5, 5.41) is 53.5. The highest BCUT2D eigenvalue weighted by Gasteiger charge is 2.63. The minimum absolute atomic E-state index is 0.00438. The van der Waals surface area contributed by atoms with Gasteiger partial charge in [0.25, 0.3) is 0 Å². The molecule has 4 atom stereocenters. The zero-order valence-electron chi connectivity index (χ0n) is 18.6. The van der Waals surface area contributed by atoms with E-state index < -0.39 is 57.9 Å². The molecule has 0 saturated heterocycles. The fourth-order valence-electron chi connectivity index (χ4n) is 5.62. The molecule has 10 heteroatoms. The number of aromatic hydroxyl groups is 1. The van der Waals surface area contributed by atoms with Crippen LogP contribution < -0.4 is 0 Å². The number of aliphatic hydroxyl groups is 3. The second-order valence-electron chi connectivity index (χ2n) is 9.17. The summed E-state index contributed by atoms with van der Waals surface area (Å²) >= 11 is 0. The molecular weight excluding hydrogens is 430 g/mol. The number of likely N-dealkylation sites (N-methyl/N-ethyl adjacent to an activating group) is 1. The summed E-state index contributed by atoms with van der Waals surface area (Å²) < 4.78 is 0. The zero-order chi connectivity index (χ0) is 24.6. The summed E-state index contributed by atoms with van der Waals surface area (Å²) in [5.41, 5.74) is -2.98. The fourth-order valence-corrected chi connectivity index (χ4v) is 5.62. The Balaban J connectivity index is 2.00. The first-order valence-corrected chi connectivity index (χ1v) is 10.4. The number of phenolic OH excluding ortho intramolecular Hbond substituents is 1. The highest BCUT2D eigenvalue weighted by Crippen LogP contribution is 2.53. The molecule has 3 aliphatic rings. The quantitative estimate of drug-likeness (QED) is 0.386. The van der Waals surface area contributed by atoms with Crippen LogP contribution in [0.3, 0.4) is 0 Å². The average molecular weight is 454 g/mol. The van der Waals surface area contributed by atoms with Gasteiger partial charge in [0.05, 0.1) is 17.2 Å². The first kappa shape index (κ1) is 22.6. The number of hydrogen-bond donors (Lipinski definition) is 4. The van der Waals surface area contributed by atoms with E-state index in [1.165, 1.54) is 17.9 Å². The minimum atomic E-state index is -2.61. The van der Waals surface area contributed by atoms with Gasteiger partial charge < -0.3 is 20.4 Å². The van der Waals surface area contributed by atoms with Crippen LogP contribution in [0, 0.1) is 24.2 Å². The molecule has 0 bridgehead atoms. The number of Topliss-reactive ketones (excluding diaryl/α,β-unsaturated/α-hetero) is 3. The number of phenols is 1. The second-order valence-corrected chi connectivity index (χ2v) is 9.17. The van der Waals surface area contributed by atoms with E-state index in [0.717, 1.165) is 6.92 Å². The standard InChI is InChI=1S/C23H23N3O7/c1-8-5-13(25-24)11-6-10-7-12-17(26(3)4)20(30)14(9(2)27)21(31)23(12,33)22(32)15(10)19(29)16(11)18(8)28/h5,10,12,17,33H,6-7H2,1-4H3,(H2-,27,28,29,30,31,32)/p+1/t10?,12?,17-,23+/m0/s1. The molecule has 0 radical (unpaired) electrons. The Kier molecular flexibility index (Phi) is 4.96. The molecule has 4 rings (SSSR count). The van der Waals surface area contributed by atoms with Gasteiger partial charge in [0.2, 0.25) is 11.2 Å². The number of fused-ring (bicyclic) bond motifs is 3. The van der Waals surface area contributed by atoms with Crippen molar-refractivity contribution in [1.29, 1.82) is 5.39 Å². The number of rotatable bonds is 2.